The largest absolute Gasteiger partial charge is 0.375 e. The van der Waals surface area contributed by atoms with Crippen LogP contribution in [0.4, 0.5) is 0 Å². The fraction of sp³-hybridized carbons (Fsp3) is 0.833. The van der Waals surface area contributed by atoms with Gasteiger partial charge in [0, 0.05) is 18.8 Å². The smallest absolute Gasteiger partial charge is 0.0175 e. The molecule has 1 nitrogen and oxygen atoms in total. The van der Waals surface area contributed by atoms with Crippen molar-refractivity contribution in [3.05, 3.63) is 11.8 Å². The number of likely N-dealkylation sites (tertiary alicyclic amines) is 1. The first-order valence-corrected chi connectivity index (χ1v) is 5.91. The van der Waals surface area contributed by atoms with Gasteiger partial charge in [-0.05, 0) is 38.5 Å². The van der Waals surface area contributed by atoms with Crippen molar-refractivity contribution in [2.24, 2.45) is 0 Å². The van der Waals surface area contributed by atoms with Gasteiger partial charge in [-0.3, -0.25) is 0 Å². The number of nitrogens with zero attached hydrogens (tertiary/aromatic N) is 1. The van der Waals surface area contributed by atoms with Gasteiger partial charge in [-0.15, -0.1) is 0 Å². The van der Waals surface area contributed by atoms with E-state index in [4.69, 9.17) is 0 Å². The molecule has 0 amide bonds. The summed E-state index contributed by atoms with van der Waals surface area (Å²) in [6, 6.07) is 0. The van der Waals surface area contributed by atoms with Crippen LogP contribution in [0.3, 0.4) is 0 Å². The monoisotopic (exact) mass is 179 g/mol. The van der Waals surface area contributed by atoms with Crippen LogP contribution in [-0.2, 0) is 0 Å². The highest BCUT2D eigenvalue weighted by molar-refractivity contribution is 5.03. The molecule has 0 radical (unpaired) electrons. The Kier molecular flexibility index (Phi) is 3.28. The van der Waals surface area contributed by atoms with Crippen LogP contribution < -0.4 is 0 Å². The van der Waals surface area contributed by atoms with Crippen molar-refractivity contribution >= 4 is 0 Å². The van der Waals surface area contributed by atoms with E-state index in [2.05, 4.69) is 11.0 Å². The standard InChI is InChI=1S/C12H21N/c1-2-4-8-12(9-5-3-1)13-10-6-7-11-13/h8H,1-7,9-11H2. The third-order valence-corrected chi connectivity index (χ3v) is 3.28. The highest BCUT2D eigenvalue weighted by Gasteiger charge is 2.14. The van der Waals surface area contributed by atoms with Crippen molar-refractivity contribution in [3.8, 4) is 0 Å². The summed E-state index contributed by atoms with van der Waals surface area (Å²) in [5.41, 5.74) is 1.66. The zero-order chi connectivity index (χ0) is 8.93. The van der Waals surface area contributed by atoms with Gasteiger partial charge in [-0.25, -0.2) is 0 Å². The van der Waals surface area contributed by atoms with Crippen LogP contribution >= 0.6 is 0 Å². The van der Waals surface area contributed by atoms with Crippen LogP contribution in [0.1, 0.15) is 51.4 Å². The topological polar surface area (TPSA) is 3.24 Å². The zero-order valence-corrected chi connectivity index (χ0v) is 8.60. The van der Waals surface area contributed by atoms with Crippen molar-refractivity contribution in [2.45, 2.75) is 51.4 Å². The van der Waals surface area contributed by atoms with E-state index in [9.17, 15) is 0 Å². The van der Waals surface area contributed by atoms with E-state index in [0.29, 0.717) is 0 Å². The second kappa shape index (κ2) is 4.69. The fourth-order valence-corrected chi connectivity index (χ4v) is 2.47. The maximum absolute atomic E-state index is 2.62. The van der Waals surface area contributed by atoms with Crippen molar-refractivity contribution in [1.29, 1.82) is 0 Å². The van der Waals surface area contributed by atoms with E-state index >= 15 is 0 Å². The molecule has 13 heavy (non-hydrogen) atoms. The Balaban J connectivity index is 1.93. The zero-order valence-electron chi connectivity index (χ0n) is 8.60. The highest BCUT2D eigenvalue weighted by atomic mass is 15.1. The molecule has 1 aliphatic heterocycles. The molecule has 0 unspecified atom stereocenters. The lowest BCUT2D eigenvalue weighted by Gasteiger charge is -2.23. The average Bonchev–Trinajstić information content (AvgIpc) is 2.55. The van der Waals surface area contributed by atoms with Crippen LogP contribution in [-0.4, -0.2) is 18.0 Å². The number of hydrogen-bond acceptors (Lipinski definition) is 1. The molecule has 1 heteroatoms. The third kappa shape index (κ3) is 2.49. The molecular weight excluding hydrogens is 158 g/mol. The summed E-state index contributed by atoms with van der Waals surface area (Å²) in [6.45, 7) is 2.65. The Morgan fingerprint density at radius 3 is 2.46 bits per heavy atom. The van der Waals surface area contributed by atoms with Gasteiger partial charge in [-0.1, -0.05) is 18.9 Å². The van der Waals surface area contributed by atoms with E-state index < -0.39 is 0 Å². The molecule has 0 spiro atoms. The molecule has 0 saturated carbocycles. The molecular formula is C12H21N. The van der Waals surface area contributed by atoms with Crippen LogP contribution in [0.2, 0.25) is 0 Å². The molecule has 1 aliphatic carbocycles. The second-order valence-electron chi connectivity index (χ2n) is 4.34. The maximum atomic E-state index is 2.62. The molecule has 1 fully saturated rings. The van der Waals surface area contributed by atoms with Gasteiger partial charge in [0.2, 0.25) is 0 Å². The van der Waals surface area contributed by atoms with Gasteiger partial charge in [0.05, 0.1) is 0 Å². The third-order valence-electron chi connectivity index (χ3n) is 3.28. The molecule has 2 rings (SSSR count). The normalized spacial score (nSPS) is 25.2. The highest BCUT2D eigenvalue weighted by Crippen LogP contribution is 2.23. The minimum Gasteiger partial charge on any atom is -0.375 e. The first-order valence-electron chi connectivity index (χ1n) is 5.91. The molecule has 0 aromatic carbocycles. The van der Waals surface area contributed by atoms with E-state index in [1.807, 2.05) is 0 Å². The Morgan fingerprint density at radius 2 is 1.62 bits per heavy atom. The lowest BCUT2D eigenvalue weighted by Crippen LogP contribution is -2.18. The molecule has 0 aromatic heterocycles. The summed E-state index contributed by atoms with van der Waals surface area (Å²) >= 11 is 0. The van der Waals surface area contributed by atoms with Crippen LogP contribution in [0.25, 0.3) is 0 Å². The van der Waals surface area contributed by atoms with E-state index in [0.717, 1.165) is 0 Å². The fourth-order valence-electron chi connectivity index (χ4n) is 2.47. The number of rotatable bonds is 1. The molecule has 0 atom stereocenters. The average molecular weight is 179 g/mol. The van der Waals surface area contributed by atoms with Gasteiger partial charge in [0.15, 0.2) is 0 Å². The molecule has 1 heterocycles. The van der Waals surface area contributed by atoms with Crippen LogP contribution in [0.15, 0.2) is 11.8 Å². The van der Waals surface area contributed by atoms with Crippen molar-refractivity contribution in [2.75, 3.05) is 13.1 Å². The van der Waals surface area contributed by atoms with E-state index in [1.165, 1.54) is 64.5 Å². The van der Waals surface area contributed by atoms with Gasteiger partial charge in [0.1, 0.15) is 0 Å². The summed E-state index contributed by atoms with van der Waals surface area (Å²) in [4.78, 5) is 2.62. The molecule has 2 aliphatic rings. The summed E-state index contributed by atoms with van der Waals surface area (Å²) in [6.07, 6.45) is 13.7. The Bertz CT molecular complexity index is 178. The summed E-state index contributed by atoms with van der Waals surface area (Å²) in [5.74, 6) is 0. The minimum atomic E-state index is 1.33. The number of allylic oxidation sites excluding steroid dienone is 2. The van der Waals surface area contributed by atoms with Crippen molar-refractivity contribution in [1.82, 2.24) is 4.90 Å². The Labute approximate surface area is 81.8 Å². The van der Waals surface area contributed by atoms with Gasteiger partial charge < -0.3 is 4.90 Å². The van der Waals surface area contributed by atoms with Crippen molar-refractivity contribution in [3.63, 3.8) is 0 Å². The predicted molar refractivity (Wildman–Crippen MR) is 56.6 cm³/mol. The lowest BCUT2D eigenvalue weighted by molar-refractivity contribution is 0.395. The quantitative estimate of drug-likeness (QED) is 0.597. The van der Waals surface area contributed by atoms with Gasteiger partial charge in [-0.2, -0.15) is 0 Å². The molecule has 0 bridgehead atoms. The molecule has 0 N–H and O–H groups in total. The summed E-state index contributed by atoms with van der Waals surface area (Å²) < 4.78 is 0. The minimum absolute atomic E-state index is 1.33. The maximum Gasteiger partial charge on any atom is 0.0175 e. The van der Waals surface area contributed by atoms with Crippen molar-refractivity contribution < 1.29 is 0 Å². The van der Waals surface area contributed by atoms with Gasteiger partial charge in [0.25, 0.3) is 0 Å². The van der Waals surface area contributed by atoms with Gasteiger partial charge >= 0.3 is 0 Å². The Morgan fingerprint density at radius 1 is 0.846 bits per heavy atom. The number of hydrogen-bond donors (Lipinski definition) is 0. The summed E-state index contributed by atoms with van der Waals surface area (Å²) in [5, 5.41) is 0. The Hall–Kier alpha value is -0.460. The lowest BCUT2D eigenvalue weighted by atomic mass is 10.0. The molecule has 0 aromatic rings. The van der Waals surface area contributed by atoms with E-state index in [-0.39, 0.29) is 0 Å². The molecule has 74 valence electrons. The van der Waals surface area contributed by atoms with Crippen LogP contribution in [0, 0.1) is 0 Å². The second-order valence-corrected chi connectivity index (χ2v) is 4.34. The van der Waals surface area contributed by atoms with E-state index in [1.54, 1.807) is 5.70 Å². The SMILES string of the molecule is C1=C(N2CCCC2)CCCCCC1. The first kappa shape index (κ1) is 9.11. The summed E-state index contributed by atoms with van der Waals surface area (Å²) in [7, 11) is 0. The first-order chi connectivity index (χ1) is 6.47. The molecule has 1 saturated heterocycles. The van der Waals surface area contributed by atoms with Crippen LogP contribution in [0.5, 0.6) is 0 Å². The predicted octanol–water partition coefficient (Wildman–Crippen LogP) is 3.32.